The van der Waals surface area contributed by atoms with E-state index in [1.165, 1.54) is 18.2 Å². The zero-order chi connectivity index (χ0) is 18.2. The Labute approximate surface area is 146 Å². The van der Waals surface area contributed by atoms with Crippen LogP contribution in [0.5, 0.6) is 11.5 Å². The van der Waals surface area contributed by atoms with Gasteiger partial charge in [0.1, 0.15) is 11.5 Å². The molecule has 0 radical (unpaired) electrons. The van der Waals surface area contributed by atoms with Gasteiger partial charge in [-0.2, -0.15) is 8.78 Å². The van der Waals surface area contributed by atoms with Crippen molar-refractivity contribution >= 4 is 23.4 Å². The molecule has 2 aromatic carbocycles. The SMILES string of the molecule is O=C(COc1ccc(Cl)cc1)NNC(=O)c1cccc(OC(F)F)c1. The van der Waals surface area contributed by atoms with Crippen LogP contribution in [-0.2, 0) is 4.79 Å². The summed E-state index contributed by atoms with van der Waals surface area (Å²) in [5.41, 5.74) is 4.33. The van der Waals surface area contributed by atoms with Crippen LogP contribution in [0.3, 0.4) is 0 Å². The number of halogens is 3. The molecule has 0 saturated carbocycles. The molecule has 2 aromatic rings. The molecule has 0 fully saturated rings. The Hall–Kier alpha value is -2.87. The average molecular weight is 371 g/mol. The van der Waals surface area contributed by atoms with Crippen LogP contribution in [0.4, 0.5) is 8.78 Å². The average Bonchev–Trinajstić information content (AvgIpc) is 2.59. The molecule has 0 aliphatic carbocycles. The highest BCUT2D eigenvalue weighted by atomic mass is 35.5. The number of carbonyl (C=O) groups is 2. The summed E-state index contributed by atoms with van der Waals surface area (Å²) < 4.78 is 33.7. The highest BCUT2D eigenvalue weighted by molar-refractivity contribution is 6.30. The molecule has 25 heavy (non-hydrogen) atoms. The quantitative estimate of drug-likeness (QED) is 0.767. The first-order chi connectivity index (χ1) is 11.9. The Balaban J connectivity index is 1.80. The maximum absolute atomic E-state index is 12.2. The monoisotopic (exact) mass is 370 g/mol. The molecule has 0 bridgehead atoms. The number of rotatable bonds is 6. The number of alkyl halides is 2. The maximum atomic E-state index is 12.2. The third-order valence-electron chi connectivity index (χ3n) is 2.82. The second-order valence-electron chi connectivity index (χ2n) is 4.65. The predicted molar refractivity (Wildman–Crippen MR) is 85.6 cm³/mol. The second kappa shape index (κ2) is 8.84. The van der Waals surface area contributed by atoms with Gasteiger partial charge in [0.2, 0.25) is 0 Å². The second-order valence-corrected chi connectivity index (χ2v) is 5.09. The lowest BCUT2D eigenvalue weighted by molar-refractivity contribution is -0.123. The van der Waals surface area contributed by atoms with Crippen LogP contribution in [-0.4, -0.2) is 25.0 Å². The zero-order valence-electron chi connectivity index (χ0n) is 12.7. The van der Waals surface area contributed by atoms with Gasteiger partial charge in [0, 0.05) is 10.6 Å². The van der Waals surface area contributed by atoms with Crippen molar-refractivity contribution in [2.75, 3.05) is 6.61 Å². The van der Waals surface area contributed by atoms with Gasteiger partial charge in [-0.3, -0.25) is 20.4 Å². The highest BCUT2D eigenvalue weighted by Gasteiger charge is 2.11. The summed E-state index contributed by atoms with van der Waals surface area (Å²) in [6.07, 6.45) is 0. The van der Waals surface area contributed by atoms with Gasteiger partial charge in [0.25, 0.3) is 11.8 Å². The van der Waals surface area contributed by atoms with Gasteiger partial charge >= 0.3 is 6.61 Å². The van der Waals surface area contributed by atoms with Crippen LogP contribution in [0, 0.1) is 0 Å². The number of amides is 2. The fraction of sp³-hybridized carbons (Fsp3) is 0.125. The van der Waals surface area contributed by atoms with Crippen LogP contribution < -0.4 is 20.3 Å². The number of hydrazine groups is 1. The number of hydrogen-bond donors (Lipinski definition) is 2. The van der Waals surface area contributed by atoms with Crippen LogP contribution in [0.25, 0.3) is 0 Å². The summed E-state index contributed by atoms with van der Waals surface area (Å²) in [5, 5.41) is 0.530. The molecule has 0 aromatic heterocycles. The maximum Gasteiger partial charge on any atom is 0.387 e. The van der Waals surface area contributed by atoms with Gasteiger partial charge in [-0.15, -0.1) is 0 Å². The molecule has 2 N–H and O–H groups in total. The minimum atomic E-state index is -3.00. The van der Waals surface area contributed by atoms with E-state index in [9.17, 15) is 18.4 Å². The molecule has 0 saturated heterocycles. The molecule has 0 atom stereocenters. The van der Waals surface area contributed by atoms with E-state index in [4.69, 9.17) is 16.3 Å². The predicted octanol–water partition coefficient (Wildman–Crippen LogP) is 2.78. The molecule has 6 nitrogen and oxygen atoms in total. The van der Waals surface area contributed by atoms with Gasteiger partial charge in [-0.1, -0.05) is 17.7 Å². The van der Waals surface area contributed by atoms with E-state index in [1.54, 1.807) is 24.3 Å². The third-order valence-corrected chi connectivity index (χ3v) is 3.07. The standard InChI is InChI=1S/C16H13ClF2N2O4/c17-11-4-6-12(7-5-11)24-9-14(22)20-21-15(23)10-2-1-3-13(8-10)25-16(18)19/h1-8,16H,9H2,(H,20,22)(H,21,23). The lowest BCUT2D eigenvalue weighted by Gasteiger charge is -2.10. The first-order valence-corrected chi connectivity index (χ1v) is 7.34. The third kappa shape index (κ3) is 6.27. The Bertz CT molecular complexity index is 741. The lowest BCUT2D eigenvalue weighted by atomic mass is 10.2. The Kier molecular flexibility index (Phi) is 6.53. The molecule has 0 heterocycles. The first kappa shape index (κ1) is 18.5. The molecule has 9 heteroatoms. The summed E-state index contributed by atoms with van der Waals surface area (Å²) in [4.78, 5) is 23.5. The van der Waals surface area contributed by atoms with E-state index in [-0.39, 0.29) is 17.9 Å². The summed E-state index contributed by atoms with van der Waals surface area (Å²) in [6.45, 7) is -3.33. The minimum absolute atomic E-state index is 0.0390. The Morgan fingerprint density at radius 1 is 1.04 bits per heavy atom. The fourth-order valence-corrected chi connectivity index (χ4v) is 1.85. The molecule has 0 aliphatic heterocycles. The Morgan fingerprint density at radius 2 is 1.76 bits per heavy atom. The van der Waals surface area contributed by atoms with E-state index >= 15 is 0 Å². The van der Waals surface area contributed by atoms with Crippen molar-refractivity contribution in [3.63, 3.8) is 0 Å². The van der Waals surface area contributed by atoms with Crippen molar-refractivity contribution in [2.45, 2.75) is 6.61 Å². The van der Waals surface area contributed by atoms with Crippen molar-refractivity contribution in [1.82, 2.24) is 10.9 Å². The minimum Gasteiger partial charge on any atom is -0.484 e. The van der Waals surface area contributed by atoms with Crippen LogP contribution >= 0.6 is 11.6 Å². The molecule has 0 aliphatic rings. The topological polar surface area (TPSA) is 76.7 Å². The normalized spacial score (nSPS) is 10.2. The number of hydrogen-bond acceptors (Lipinski definition) is 4. The molecule has 0 unspecified atom stereocenters. The van der Waals surface area contributed by atoms with Crippen molar-refractivity contribution in [1.29, 1.82) is 0 Å². The van der Waals surface area contributed by atoms with E-state index in [0.717, 1.165) is 6.07 Å². The zero-order valence-corrected chi connectivity index (χ0v) is 13.4. The highest BCUT2D eigenvalue weighted by Crippen LogP contribution is 2.16. The largest absolute Gasteiger partial charge is 0.484 e. The summed E-state index contributed by atoms with van der Waals surface area (Å²) in [7, 11) is 0. The molecule has 2 amide bonds. The number of nitrogens with one attached hydrogen (secondary N) is 2. The number of ether oxygens (including phenoxy) is 2. The number of benzene rings is 2. The number of carbonyl (C=O) groups excluding carboxylic acids is 2. The van der Waals surface area contributed by atoms with Crippen molar-refractivity contribution in [2.24, 2.45) is 0 Å². The lowest BCUT2D eigenvalue weighted by Crippen LogP contribution is -2.43. The molecule has 0 spiro atoms. The summed E-state index contributed by atoms with van der Waals surface area (Å²) in [5.74, 6) is -1.04. The van der Waals surface area contributed by atoms with Crippen LogP contribution in [0.2, 0.25) is 5.02 Å². The van der Waals surface area contributed by atoms with Crippen molar-refractivity contribution < 1.29 is 27.8 Å². The molecular formula is C16H13ClF2N2O4. The molecule has 2 rings (SSSR count). The first-order valence-electron chi connectivity index (χ1n) is 6.96. The van der Waals surface area contributed by atoms with Crippen molar-refractivity contribution in [3.05, 3.63) is 59.1 Å². The fourth-order valence-electron chi connectivity index (χ4n) is 1.73. The van der Waals surface area contributed by atoms with Gasteiger partial charge in [0.15, 0.2) is 6.61 Å². The van der Waals surface area contributed by atoms with Crippen LogP contribution in [0.1, 0.15) is 10.4 Å². The smallest absolute Gasteiger partial charge is 0.387 e. The van der Waals surface area contributed by atoms with E-state index in [0.29, 0.717) is 10.8 Å². The van der Waals surface area contributed by atoms with Gasteiger partial charge in [0.05, 0.1) is 0 Å². The summed E-state index contributed by atoms with van der Waals surface area (Å²) in [6, 6.07) is 11.5. The van der Waals surface area contributed by atoms with E-state index in [1.807, 2.05) is 0 Å². The van der Waals surface area contributed by atoms with Gasteiger partial charge in [-0.25, -0.2) is 0 Å². The molecular weight excluding hydrogens is 358 g/mol. The Morgan fingerprint density at radius 3 is 2.44 bits per heavy atom. The van der Waals surface area contributed by atoms with Crippen LogP contribution in [0.15, 0.2) is 48.5 Å². The van der Waals surface area contributed by atoms with E-state index in [2.05, 4.69) is 15.6 Å². The van der Waals surface area contributed by atoms with Gasteiger partial charge < -0.3 is 9.47 Å². The summed E-state index contributed by atoms with van der Waals surface area (Å²) >= 11 is 5.72. The van der Waals surface area contributed by atoms with Crippen molar-refractivity contribution in [3.8, 4) is 11.5 Å². The molecule has 132 valence electrons. The van der Waals surface area contributed by atoms with Gasteiger partial charge in [-0.05, 0) is 42.5 Å². The van der Waals surface area contributed by atoms with E-state index < -0.39 is 18.4 Å².